The second kappa shape index (κ2) is 7.95. The molecule has 2 aromatic carbocycles. The summed E-state index contributed by atoms with van der Waals surface area (Å²) in [5, 5.41) is 15.4. The van der Waals surface area contributed by atoms with Gasteiger partial charge in [-0.2, -0.15) is 10.4 Å². The molecule has 0 unspecified atom stereocenters. The normalized spacial score (nSPS) is 10.6. The molecular formula is C21H17N3O2. The Bertz CT molecular complexity index is 1030. The predicted molar refractivity (Wildman–Crippen MR) is 100 cm³/mol. The highest BCUT2D eigenvalue weighted by Crippen LogP contribution is 2.22. The van der Waals surface area contributed by atoms with Crippen LogP contribution in [-0.2, 0) is 6.61 Å². The van der Waals surface area contributed by atoms with Crippen LogP contribution in [0.5, 0.6) is 5.75 Å². The number of nitrogens with zero attached hydrogens (tertiary/aromatic N) is 2. The lowest BCUT2D eigenvalue weighted by Gasteiger charge is -2.09. The first-order chi connectivity index (χ1) is 12.7. The maximum absolute atomic E-state index is 11.6. The van der Waals surface area contributed by atoms with Crippen molar-refractivity contribution in [1.82, 2.24) is 10.2 Å². The number of H-pyrrole nitrogens is 1. The van der Waals surface area contributed by atoms with Crippen molar-refractivity contribution in [3.63, 3.8) is 0 Å². The van der Waals surface area contributed by atoms with Crippen molar-refractivity contribution in [2.45, 2.75) is 13.5 Å². The molecule has 0 radical (unpaired) electrons. The lowest BCUT2D eigenvalue weighted by Crippen LogP contribution is -2.15. The third-order valence-corrected chi connectivity index (χ3v) is 3.95. The van der Waals surface area contributed by atoms with Gasteiger partial charge in [0.15, 0.2) is 0 Å². The van der Waals surface area contributed by atoms with Gasteiger partial charge in [0, 0.05) is 5.56 Å². The van der Waals surface area contributed by atoms with Crippen molar-refractivity contribution in [1.29, 1.82) is 5.26 Å². The minimum absolute atomic E-state index is 0.0771. The molecule has 26 heavy (non-hydrogen) atoms. The maximum atomic E-state index is 11.6. The molecule has 5 nitrogen and oxygen atoms in total. The summed E-state index contributed by atoms with van der Waals surface area (Å²) in [7, 11) is 0. The molecule has 0 amide bonds. The second-order valence-corrected chi connectivity index (χ2v) is 5.70. The van der Waals surface area contributed by atoms with E-state index in [0.717, 1.165) is 16.9 Å². The van der Waals surface area contributed by atoms with Crippen LogP contribution in [0.25, 0.3) is 12.2 Å². The van der Waals surface area contributed by atoms with Gasteiger partial charge in [0.2, 0.25) is 0 Å². The van der Waals surface area contributed by atoms with Gasteiger partial charge in [-0.25, -0.2) is 5.10 Å². The molecule has 1 heterocycles. The van der Waals surface area contributed by atoms with Crippen LogP contribution in [0, 0.1) is 18.3 Å². The van der Waals surface area contributed by atoms with Crippen molar-refractivity contribution < 1.29 is 4.74 Å². The number of ether oxygens (including phenoxy) is 1. The molecule has 0 aliphatic rings. The molecule has 5 heteroatoms. The summed E-state index contributed by atoms with van der Waals surface area (Å²) in [5.41, 5.74) is 2.66. The van der Waals surface area contributed by atoms with E-state index in [4.69, 9.17) is 10.00 Å². The highest BCUT2D eigenvalue weighted by Gasteiger charge is 2.08. The molecule has 3 rings (SSSR count). The van der Waals surface area contributed by atoms with E-state index < -0.39 is 5.56 Å². The summed E-state index contributed by atoms with van der Waals surface area (Å²) in [4.78, 5) is 11.6. The summed E-state index contributed by atoms with van der Waals surface area (Å²) >= 11 is 0. The largest absolute Gasteiger partial charge is 0.488 e. The molecule has 0 fully saturated rings. The molecular weight excluding hydrogens is 326 g/mol. The summed E-state index contributed by atoms with van der Waals surface area (Å²) < 4.78 is 5.92. The molecule has 3 aromatic rings. The Morgan fingerprint density at radius 2 is 1.85 bits per heavy atom. The fraction of sp³-hybridized carbons (Fsp3) is 0.0952. The number of aromatic nitrogens is 2. The second-order valence-electron chi connectivity index (χ2n) is 5.70. The van der Waals surface area contributed by atoms with Crippen LogP contribution < -0.4 is 10.3 Å². The van der Waals surface area contributed by atoms with Crippen molar-refractivity contribution >= 4 is 12.2 Å². The minimum atomic E-state index is -0.478. The van der Waals surface area contributed by atoms with Gasteiger partial charge in [0.05, 0.1) is 5.69 Å². The Kier molecular flexibility index (Phi) is 5.25. The molecule has 1 N–H and O–H groups in total. The zero-order chi connectivity index (χ0) is 18.4. The Morgan fingerprint density at radius 1 is 1.12 bits per heavy atom. The van der Waals surface area contributed by atoms with Gasteiger partial charge in [0.1, 0.15) is 24.0 Å². The number of para-hydroxylation sites is 1. The number of nitriles is 1. The number of rotatable bonds is 5. The SMILES string of the molecule is Cc1c(/C=C/c2ccccc2OCc2ccccc2)n[nH]c(=O)c1C#N. The molecule has 0 saturated heterocycles. The summed E-state index contributed by atoms with van der Waals surface area (Å²) in [6, 6.07) is 19.5. The van der Waals surface area contributed by atoms with Gasteiger partial charge in [-0.15, -0.1) is 0 Å². The van der Waals surface area contributed by atoms with Crippen molar-refractivity contribution in [3.05, 3.63) is 92.9 Å². The molecule has 1 aromatic heterocycles. The van der Waals surface area contributed by atoms with E-state index in [2.05, 4.69) is 10.2 Å². The van der Waals surface area contributed by atoms with E-state index >= 15 is 0 Å². The highest BCUT2D eigenvalue weighted by atomic mass is 16.5. The van der Waals surface area contributed by atoms with Crippen LogP contribution in [0.3, 0.4) is 0 Å². The first-order valence-corrected chi connectivity index (χ1v) is 8.12. The van der Waals surface area contributed by atoms with Crippen LogP contribution in [0.4, 0.5) is 0 Å². The van der Waals surface area contributed by atoms with Crippen molar-refractivity contribution in [2.75, 3.05) is 0 Å². The van der Waals surface area contributed by atoms with Crippen LogP contribution in [0.2, 0.25) is 0 Å². The monoisotopic (exact) mass is 343 g/mol. The van der Waals surface area contributed by atoms with Gasteiger partial charge in [0.25, 0.3) is 5.56 Å². The van der Waals surface area contributed by atoms with Crippen LogP contribution in [-0.4, -0.2) is 10.2 Å². The third-order valence-electron chi connectivity index (χ3n) is 3.95. The lowest BCUT2D eigenvalue weighted by atomic mass is 10.1. The smallest absolute Gasteiger partial charge is 0.282 e. The van der Waals surface area contributed by atoms with Crippen LogP contribution in [0.15, 0.2) is 59.4 Å². The van der Waals surface area contributed by atoms with Crippen LogP contribution in [0.1, 0.15) is 27.9 Å². The van der Waals surface area contributed by atoms with E-state index in [1.807, 2.05) is 66.7 Å². The number of hydrogen-bond acceptors (Lipinski definition) is 4. The summed E-state index contributed by atoms with van der Waals surface area (Å²) in [6.07, 6.45) is 3.62. The molecule has 0 aliphatic heterocycles. The number of benzene rings is 2. The van der Waals surface area contributed by atoms with Gasteiger partial charge >= 0.3 is 0 Å². The molecule has 128 valence electrons. The number of nitrogens with one attached hydrogen (secondary N) is 1. The van der Waals surface area contributed by atoms with E-state index in [1.54, 1.807) is 13.0 Å². The molecule has 0 aliphatic carbocycles. The lowest BCUT2D eigenvalue weighted by molar-refractivity contribution is 0.305. The zero-order valence-corrected chi connectivity index (χ0v) is 14.3. The fourth-order valence-electron chi connectivity index (χ4n) is 2.50. The Labute approximate surface area is 151 Å². The quantitative estimate of drug-likeness (QED) is 0.766. The summed E-state index contributed by atoms with van der Waals surface area (Å²) in [6.45, 7) is 2.18. The molecule has 0 atom stereocenters. The number of hydrogen-bond donors (Lipinski definition) is 1. The Balaban J connectivity index is 1.84. The maximum Gasteiger partial charge on any atom is 0.282 e. The number of aromatic amines is 1. The van der Waals surface area contributed by atoms with Gasteiger partial charge in [-0.05, 0) is 36.3 Å². The van der Waals surface area contributed by atoms with Crippen LogP contribution >= 0.6 is 0 Å². The highest BCUT2D eigenvalue weighted by molar-refractivity contribution is 5.72. The Morgan fingerprint density at radius 3 is 2.62 bits per heavy atom. The summed E-state index contributed by atoms with van der Waals surface area (Å²) in [5.74, 6) is 0.746. The van der Waals surface area contributed by atoms with E-state index in [0.29, 0.717) is 17.9 Å². The average Bonchev–Trinajstić information content (AvgIpc) is 2.68. The Hall–Kier alpha value is -3.65. The van der Waals surface area contributed by atoms with E-state index in [1.165, 1.54) is 0 Å². The first-order valence-electron chi connectivity index (χ1n) is 8.12. The minimum Gasteiger partial charge on any atom is -0.488 e. The molecule has 0 saturated carbocycles. The van der Waals surface area contributed by atoms with E-state index in [-0.39, 0.29) is 5.56 Å². The van der Waals surface area contributed by atoms with Gasteiger partial charge in [-0.1, -0.05) is 48.5 Å². The molecule has 0 spiro atoms. The van der Waals surface area contributed by atoms with Crippen molar-refractivity contribution in [2.24, 2.45) is 0 Å². The molecule has 0 bridgehead atoms. The van der Waals surface area contributed by atoms with Gasteiger partial charge < -0.3 is 4.74 Å². The predicted octanol–water partition coefficient (Wildman–Crippen LogP) is 3.70. The van der Waals surface area contributed by atoms with E-state index in [9.17, 15) is 4.79 Å². The third kappa shape index (κ3) is 3.87. The first kappa shape index (κ1) is 17.2. The van der Waals surface area contributed by atoms with Crippen molar-refractivity contribution in [3.8, 4) is 11.8 Å². The topological polar surface area (TPSA) is 78.8 Å². The van der Waals surface area contributed by atoms with Gasteiger partial charge in [-0.3, -0.25) is 4.79 Å². The fourth-order valence-corrected chi connectivity index (χ4v) is 2.50. The average molecular weight is 343 g/mol. The zero-order valence-electron chi connectivity index (χ0n) is 14.3. The standard InChI is InChI=1S/C21H17N3O2/c1-15-18(13-22)21(25)24-23-19(15)12-11-17-9-5-6-10-20(17)26-14-16-7-3-2-4-8-16/h2-12H,14H2,1H3,(H,24,25)/b12-11+.